The Morgan fingerprint density at radius 3 is 2.78 bits per heavy atom. The Bertz CT molecular complexity index is 741. The van der Waals surface area contributed by atoms with Crippen LogP contribution in [0.2, 0.25) is 0 Å². The first-order chi connectivity index (χ1) is 8.41. The number of H-pyrrole nitrogens is 1. The van der Waals surface area contributed by atoms with Gasteiger partial charge in [0.05, 0.1) is 6.42 Å². The van der Waals surface area contributed by atoms with Crippen LogP contribution in [0.15, 0.2) is 14.3 Å². The summed E-state index contributed by atoms with van der Waals surface area (Å²) in [7, 11) is 1.47. The minimum absolute atomic E-state index is 0.161. The van der Waals surface area contributed by atoms with Gasteiger partial charge in [0.2, 0.25) is 0 Å². The summed E-state index contributed by atoms with van der Waals surface area (Å²) in [5, 5.41) is 8.59. The molecule has 96 valence electrons. The smallest absolute Gasteiger partial charge is 0.332 e. The van der Waals surface area contributed by atoms with E-state index in [-0.39, 0.29) is 24.1 Å². The Hall–Kier alpha value is -1.90. The van der Waals surface area contributed by atoms with Crippen molar-refractivity contribution in [2.45, 2.75) is 13.0 Å². The predicted molar refractivity (Wildman–Crippen MR) is 65.5 cm³/mol. The molecular formula is C9H9BrN4O4. The summed E-state index contributed by atoms with van der Waals surface area (Å²) in [4.78, 5) is 41.0. The number of carboxylic acid groups (broad SMARTS) is 1. The third-order valence-electron chi connectivity index (χ3n) is 2.50. The number of hydrogen-bond acceptors (Lipinski definition) is 4. The molecule has 2 aromatic heterocycles. The maximum absolute atomic E-state index is 12.0. The van der Waals surface area contributed by atoms with Crippen LogP contribution in [0.4, 0.5) is 0 Å². The third-order valence-corrected chi connectivity index (χ3v) is 2.88. The standard InChI is InChI=1S/C9H9BrN4O4/c1-13-6-5(11-8(10)12-6)7(17)14(9(13)18)3-2-4(15)16/h2-3H2,1H3,(H,11,12)(H,15,16). The lowest BCUT2D eigenvalue weighted by Gasteiger charge is -2.05. The number of aryl methyl sites for hydroxylation is 1. The summed E-state index contributed by atoms with van der Waals surface area (Å²) in [5.41, 5.74) is -0.780. The van der Waals surface area contributed by atoms with Gasteiger partial charge in [0.25, 0.3) is 5.56 Å². The topological polar surface area (TPSA) is 110 Å². The highest BCUT2D eigenvalue weighted by Gasteiger charge is 2.14. The molecule has 0 radical (unpaired) electrons. The minimum atomic E-state index is -1.07. The van der Waals surface area contributed by atoms with E-state index >= 15 is 0 Å². The van der Waals surface area contributed by atoms with Crippen molar-refractivity contribution in [3.05, 3.63) is 25.6 Å². The van der Waals surface area contributed by atoms with E-state index in [4.69, 9.17) is 5.11 Å². The number of hydrogen-bond donors (Lipinski definition) is 2. The highest BCUT2D eigenvalue weighted by atomic mass is 79.9. The lowest BCUT2D eigenvalue weighted by Crippen LogP contribution is -2.39. The van der Waals surface area contributed by atoms with Gasteiger partial charge in [-0.25, -0.2) is 9.78 Å². The zero-order valence-electron chi connectivity index (χ0n) is 9.31. The van der Waals surface area contributed by atoms with E-state index in [1.807, 2.05) is 0 Å². The Morgan fingerprint density at radius 2 is 2.17 bits per heavy atom. The van der Waals surface area contributed by atoms with E-state index in [1.165, 1.54) is 11.6 Å². The monoisotopic (exact) mass is 316 g/mol. The number of fused-ring (bicyclic) bond motifs is 1. The van der Waals surface area contributed by atoms with Gasteiger partial charge in [0, 0.05) is 13.6 Å². The van der Waals surface area contributed by atoms with Crippen LogP contribution in [0.5, 0.6) is 0 Å². The first-order valence-corrected chi connectivity index (χ1v) is 5.78. The molecule has 0 aliphatic heterocycles. The van der Waals surface area contributed by atoms with E-state index in [0.29, 0.717) is 4.73 Å². The molecule has 18 heavy (non-hydrogen) atoms. The zero-order chi connectivity index (χ0) is 13.4. The summed E-state index contributed by atoms with van der Waals surface area (Å²) in [5.74, 6) is -1.07. The van der Waals surface area contributed by atoms with Crippen LogP contribution in [0.1, 0.15) is 6.42 Å². The first-order valence-electron chi connectivity index (χ1n) is 4.98. The molecule has 2 N–H and O–H groups in total. The molecule has 0 saturated heterocycles. The first kappa shape index (κ1) is 12.6. The molecule has 0 fully saturated rings. The normalized spacial score (nSPS) is 11.0. The van der Waals surface area contributed by atoms with E-state index in [0.717, 1.165) is 4.57 Å². The highest BCUT2D eigenvalue weighted by molar-refractivity contribution is 9.10. The van der Waals surface area contributed by atoms with Gasteiger partial charge < -0.3 is 10.1 Å². The van der Waals surface area contributed by atoms with Gasteiger partial charge in [0.15, 0.2) is 15.9 Å². The molecule has 0 atom stereocenters. The summed E-state index contributed by atoms with van der Waals surface area (Å²) in [6.07, 6.45) is -0.296. The lowest BCUT2D eigenvalue weighted by molar-refractivity contribution is -0.137. The van der Waals surface area contributed by atoms with Crippen LogP contribution in [0.3, 0.4) is 0 Å². The number of rotatable bonds is 3. The van der Waals surface area contributed by atoms with E-state index in [2.05, 4.69) is 25.9 Å². The molecule has 8 nitrogen and oxygen atoms in total. The molecule has 0 aliphatic rings. The van der Waals surface area contributed by atoms with Crippen molar-refractivity contribution in [3.8, 4) is 0 Å². The van der Waals surface area contributed by atoms with Gasteiger partial charge in [-0.15, -0.1) is 0 Å². The number of halogens is 1. The van der Waals surface area contributed by atoms with Crippen molar-refractivity contribution in [1.29, 1.82) is 0 Å². The molecule has 2 heterocycles. The predicted octanol–water partition coefficient (Wildman–Crippen LogP) is -0.340. The molecule has 0 spiro atoms. The second-order valence-corrected chi connectivity index (χ2v) is 4.42. The SMILES string of the molecule is Cn1c(=O)n(CCC(=O)O)c(=O)c2[nH]c(Br)nc21. The van der Waals surface area contributed by atoms with Gasteiger partial charge in [-0.2, -0.15) is 0 Å². The van der Waals surface area contributed by atoms with Gasteiger partial charge in [0.1, 0.15) is 0 Å². The molecule has 0 amide bonds. The molecular weight excluding hydrogens is 308 g/mol. The largest absolute Gasteiger partial charge is 0.481 e. The van der Waals surface area contributed by atoms with E-state index in [1.54, 1.807) is 0 Å². The van der Waals surface area contributed by atoms with Gasteiger partial charge in [-0.3, -0.25) is 18.7 Å². The third kappa shape index (κ3) is 1.96. The number of aromatic amines is 1. The Balaban J connectivity index is 2.70. The molecule has 0 aliphatic carbocycles. The summed E-state index contributed by atoms with van der Waals surface area (Å²) in [6, 6.07) is 0. The number of aromatic nitrogens is 4. The average molecular weight is 317 g/mol. The van der Waals surface area contributed by atoms with Crippen LogP contribution in [0, 0.1) is 0 Å². The van der Waals surface area contributed by atoms with E-state index < -0.39 is 17.2 Å². The maximum Gasteiger partial charge on any atom is 0.332 e. The number of nitrogens with one attached hydrogen (secondary N) is 1. The minimum Gasteiger partial charge on any atom is -0.481 e. The summed E-state index contributed by atoms with van der Waals surface area (Å²) < 4.78 is 2.40. The summed E-state index contributed by atoms with van der Waals surface area (Å²) in [6.45, 7) is -0.173. The second-order valence-electron chi connectivity index (χ2n) is 3.67. The Labute approximate surface area is 108 Å². The van der Waals surface area contributed by atoms with Gasteiger partial charge >= 0.3 is 11.7 Å². The second kappa shape index (κ2) is 4.41. The molecule has 0 saturated carbocycles. The molecule has 2 rings (SSSR count). The van der Waals surface area contributed by atoms with Crippen LogP contribution >= 0.6 is 15.9 Å². The number of carbonyl (C=O) groups is 1. The number of imidazole rings is 1. The average Bonchev–Trinajstić information content (AvgIpc) is 2.68. The van der Waals surface area contributed by atoms with Crippen LogP contribution < -0.4 is 11.2 Å². The molecule has 2 aromatic rings. The Morgan fingerprint density at radius 1 is 1.50 bits per heavy atom. The van der Waals surface area contributed by atoms with Crippen molar-refractivity contribution < 1.29 is 9.90 Å². The van der Waals surface area contributed by atoms with Crippen molar-refractivity contribution in [2.24, 2.45) is 7.05 Å². The van der Waals surface area contributed by atoms with Crippen molar-refractivity contribution in [1.82, 2.24) is 19.1 Å². The molecule has 0 unspecified atom stereocenters. The van der Waals surface area contributed by atoms with Crippen molar-refractivity contribution >= 4 is 33.1 Å². The fourth-order valence-corrected chi connectivity index (χ4v) is 1.99. The van der Waals surface area contributed by atoms with Crippen molar-refractivity contribution in [3.63, 3.8) is 0 Å². The number of aliphatic carboxylic acids is 1. The van der Waals surface area contributed by atoms with Gasteiger partial charge in [-0.1, -0.05) is 0 Å². The zero-order valence-corrected chi connectivity index (χ0v) is 10.9. The fraction of sp³-hybridized carbons (Fsp3) is 0.333. The molecule has 0 aromatic carbocycles. The fourth-order valence-electron chi connectivity index (χ4n) is 1.63. The molecule has 9 heteroatoms. The maximum atomic E-state index is 12.0. The van der Waals surface area contributed by atoms with Gasteiger partial charge in [-0.05, 0) is 15.9 Å². The van der Waals surface area contributed by atoms with Crippen LogP contribution in [-0.4, -0.2) is 30.2 Å². The summed E-state index contributed by atoms with van der Waals surface area (Å²) >= 11 is 3.08. The van der Waals surface area contributed by atoms with E-state index in [9.17, 15) is 14.4 Å². The lowest BCUT2D eigenvalue weighted by atomic mass is 10.4. The van der Waals surface area contributed by atoms with Crippen LogP contribution in [0.25, 0.3) is 11.2 Å². The quantitative estimate of drug-likeness (QED) is 0.753. The van der Waals surface area contributed by atoms with Crippen LogP contribution in [-0.2, 0) is 18.4 Å². The highest BCUT2D eigenvalue weighted by Crippen LogP contribution is 2.09. The number of carboxylic acids is 1. The van der Waals surface area contributed by atoms with Crippen molar-refractivity contribution in [2.75, 3.05) is 0 Å². The number of nitrogens with zero attached hydrogens (tertiary/aromatic N) is 3. The Kier molecular flexibility index (Phi) is 3.07. The molecule has 0 bridgehead atoms.